The standard InChI is InChI=1S/C26H33BrN4O6S2/c1-3-4-12-39(35,36)29-18-6-5-11-30(15-18)25(33)21-8-7-20(13-17(21)2)31-16-19(14-23(31)32)28-26(34)37-24-10-9-22(27)38-24/h7-10,13,18-19,29H,3-6,11-12,14-16H2,1-2H3,(H,28,34). The van der Waals surface area contributed by atoms with Crippen LogP contribution in [0.25, 0.3) is 0 Å². The Kier molecular flexibility index (Phi) is 9.68. The van der Waals surface area contributed by atoms with Gasteiger partial charge in [0.25, 0.3) is 5.91 Å². The number of hydrogen-bond acceptors (Lipinski definition) is 7. The average molecular weight is 642 g/mol. The fraction of sp³-hybridized carbons (Fsp3) is 0.500. The Hall–Kier alpha value is -2.48. The summed E-state index contributed by atoms with van der Waals surface area (Å²) in [7, 11) is -3.37. The summed E-state index contributed by atoms with van der Waals surface area (Å²) in [5, 5.41) is 3.19. The van der Waals surface area contributed by atoms with Crippen molar-refractivity contribution in [3.8, 4) is 5.06 Å². The van der Waals surface area contributed by atoms with E-state index in [0.29, 0.717) is 55.2 Å². The van der Waals surface area contributed by atoms with E-state index in [-0.39, 0.29) is 30.0 Å². The number of sulfonamides is 1. The van der Waals surface area contributed by atoms with Gasteiger partial charge in [-0.15, -0.1) is 0 Å². The molecular formula is C26H33BrN4O6S2. The van der Waals surface area contributed by atoms with Crippen molar-refractivity contribution in [3.63, 3.8) is 0 Å². The molecule has 2 aliphatic heterocycles. The molecule has 0 saturated carbocycles. The summed E-state index contributed by atoms with van der Waals surface area (Å²) in [5.74, 6) is -0.202. The highest BCUT2D eigenvalue weighted by Gasteiger charge is 2.33. The van der Waals surface area contributed by atoms with E-state index in [1.807, 2.05) is 13.8 Å². The van der Waals surface area contributed by atoms with Gasteiger partial charge in [-0.2, -0.15) is 0 Å². The zero-order valence-electron chi connectivity index (χ0n) is 21.9. The van der Waals surface area contributed by atoms with E-state index in [2.05, 4.69) is 26.0 Å². The lowest BCUT2D eigenvalue weighted by Crippen LogP contribution is -2.50. The van der Waals surface area contributed by atoms with Gasteiger partial charge in [0.05, 0.1) is 15.6 Å². The van der Waals surface area contributed by atoms with E-state index in [4.69, 9.17) is 4.74 Å². The van der Waals surface area contributed by atoms with Gasteiger partial charge in [0.15, 0.2) is 5.06 Å². The first-order valence-corrected chi connectivity index (χ1v) is 16.2. The highest BCUT2D eigenvalue weighted by molar-refractivity contribution is 9.11. The Labute approximate surface area is 241 Å². The van der Waals surface area contributed by atoms with Crippen LogP contribution >= 0.6 is 27.3 Å². The van der Waals surface area contributed by atoms with Crippen LogP contribution in [0.5, 0.6) is 5.06 Å². The van der Waals surface area contributed by atoms with E-state index in [1.54, 1.807) is 40.1 Å². The van der Waals surface area contributed by atoms with Crippen LogP contribution in [0, 0.1) is 6.92 Å². The SMILES string of the molecule is CCCCS(=O)(=O)NC1CCCN(C(=O)c2ccc(N3CC(NC(=O)Oc4ccc(Br)s4)CC3=O)cc2C)C1. The van der Waals surface area contributed by atoms with Crippen molar-refractivity contribution in [1.82, 2.24) is 14.9 Å². The maximum Gasteiger partial charge on any atom is 0.413 e. The fourth-order valence-electron chi connectivity index (χ4n) is 4.82. The second-order valence-electron chi connectivity index (χ2n) is 9.88. The smallest absolute Gasteiger partial charge is 0.399 e. The number of carbonyl (C=O) groups excluding carboxylic acids is 3. The number of thiophene rings is 1. The van der Waals surface area contributed by atoms with Crippen molar-refractivity contribution < 1.29 is 27.5 Å². The molecule has 0 spiro atoms. The van der Waals surface area contributed by atoms with E-state index in [0.717, 1.165) is 15.8 Å². The van der Waals surface area contributed by atoms with Crippen molar-refractivity contribution in [2.45, 2.75) is 58.0 Å². The first-order valence-electron chi connectivity index (χ1n) is 13.0. The number of rotatable bonds is 9. The normalized spacial score (nSPS) is 19.8. The molecule has 1 aromatic carbocycles. The summed E-state index contributed by atoms with van der Waals surface area (Å²) < 4.78 is 33.5. The number of halogens is 1. The van der Waals surface area contributed by atoms with Crippen LogP contribution in [0.2, 0.25) is 0 Å². The average Bonchev–Trinajstić information content (AvgIpc) is 3.46. The molecule has 1 aromatic heterocycles. The van der Waals surface area contributed by atoms with Crippen LogP contribution in [0.3, 0.4) is 0 Å². The number of benzene rings is 1. The Bertz CT molecular complexity index is 1330. The summed E-state index contributed by atoms with van der Waals surface area (Å²) in [6.07, 6.45) is 2.33. The number of amides is 3. The molecule has 3 amide bonds. The molecule has 2 aliphatic rings. The van der Waals surface area contributed by atoms with E-state index in [9.17, 15) is 22.8 Å². The number of likely N-dealkylation sites (tertiary alicyclic amines) is 1. The number of anilines is 1. The maximum absolute atomic E-state index is 13.3. The number of aryl methyl sites for hydroxylation is 1. The third kappa shape index (κ3) is 7.80. The van der Waals surface area contributed by atoms with Gasteiger partial charge >= 0.3 is 6.09 Å². The zero-order valence-corrected chi connectivity index (χ0v) is 25.2. The molecule has 2 saturated heterocycles. The predicted octanol–water partition coefficient (Wildman–Crippen LogP) is 4.04. The molecular weight excluding hydrogens is 608 g/mol. The fourth-order valence-corrected chi connectivity index (χ4v) is 7.50. The van der Waals surface area contributed by atoms with Crippen molar-refractivity contribution >= 4 is 60.9 Å². The Morgan fingerprint density at radius 3 is 2.67 bits per heavy atom. The lowest BCUT2D eigenvalue weighted by molar-refractivity contribution is -0.117. The van der Waals surface area contributed by atoms with Crippen LogP contribution in [-0.2, 0) is 14.8 Å². The molecule has 3 heterocycles. The Balaban J connectivity index is 1.36. The van der Waals surface area contributed by atoms with E-state index in [1.165, 1.54) is 11.3 Å². The molecule has 13 heteroatoms. The number of ether oxygens (including phenoxy) is 1. The third-order valence-corrected chi connectivity index (χ3v) is 9.78. The second kappa shape index (κ2) is 12.8. The van der Waals surface area contributed by atoms with Gasteiger partial charge in [-0.3, -0.25) is 9.59 Å². The molecule has 2 unspecified atom stereocenters. The molecule has 39 heavy (non-hydrogen) atoms. The molecule has 212 valence electrons. The monoisotopic (exact) mass is 640 g/mol. The van der Waals surface area contributed by atoms with Crippen LogP contribution < -0.4 is 19.7 Å². The summed E-state index contributed by atoms with van der Waals surface area (Å²) in [6.45, 7) is 4.94. The van der Waals surface area contributed by atoms with Gasteiger partial charge in [0, 0.05) is 43.3 Å². The molecule has 0 radical (unpaired) electrons. The molecule has 0 aliphatic carbocycles. The minimum absolute atomic E-state index is 0.0912. The van der Waals surface area contributed by atoms with Gasteiger partial charge < -0.3 is 19.9 Å². The quantitative estimate of drug-likeness (QED) is 0.426. The van der Waals surface area contributed by atoms with Crippen molar-refractivity contribution in [1.29, 1.82) is 0 Å². The van der Waals surface area contributed by atoms with Crippen LogP contribution in [0.4, 0.5) is 10.5 Å². The Morgan fingerprint density at radius 2 is 1.97 bits per heavy atom. The van der Waals surface area contributed by atoms with Gasteiger partial charge in [-0.25, -0.2) is 17.9 Å². The summed E-state index contributed by atoms with van der Waals surface area (Å²) in [5.41, 5.74) is 1.88. The first kappa shape index (κ1) is 29.5. The minimum atomic E-state index is -3.37. The van der Waals surface area contributed by atoms with Crippen LogP contribution in [0.15, 0.2) is 34.1 Å². The number of unbranched alkanes of at least 4 members (excludes halogenated alkanes) is 1. The summed E-state index contributed by atoms with van der Waals surface area (Å²) >= 11 is 4.61. The first-order chi connectivity index (χ1) is 18.5. The largest absolute Gasteiger partial charge is 0.413 e. The summed E-state index contributed by atoms with van der Waals surface area (Å²) in [4.78, 5) is 41.6. The van der Waals surface area contributed by atoms with Gasteiger partial charge in [0.1, 0.15) is 0 Å². The number of hydrogen-bond donors (Lipinski definition) is 2. The van der Waals surface area contributed by atoms with E-state index >= 15 is 0 Å². The highest BCUT2D eigenvalue weighted by Crippen LogP contribution is 2.29. The molecule has 10 nitrogen and oxygen atoms in total. The number of nitrogens with zero attached hydrogens (tertiary/aromatic N) is 2. The van der Waals surface area contributed by atoms with Crippen molar-refractivity contribution in [3.05, 3.63) is 45.2 Å². The maximum atomic E-state index is 13.3. The second-order valence-corrected chi connectivity index (χ2v) is 14.2. The van der Waals surface area contributed by atoms with Gasteiger partial charge in [-0.05, 0) is 78.0 Å². The number of nitrogens with one attached hydrogen (secondary N) is 2. The summed E-state index contributed by atoms with van der Waals surface area (Å²) in [6, 6.07) is 8.00. The minimum Gasteiger partial charge on any atom is -0.399 e. The molecule has 2 N–H and O–H groups in total. The third-order valence-electron chi connectivity index (χ3n) is 6.76. The van der Waals surface area contributed by atoms with E-state index < -0.39 is 22.2 Å². The number of carbonyl (C=O) groups is 3. The van der Waals surface area contributed by atoms with Crippen LogP contribution in [0.1, 0.15) is 54.9 Å². The van der Waals surface area contributed by atoms with Crippen molar-refractivity contribution in [2.24, 2.45) is 0 Å². The Morgan fingerprint density at radius 1 is 1.18 bits per heavy atom. The molecule has 2 aromatic rings. The molecule has 4 rings (SSSR count). The predicted molar refractivity (Wildman–Crippen MR) is 154 cm³/mol. The highest BCUT2D eigenvalue weighted by atomic mass is 79.9. The zero-order chi connectivity index (χ0) is 28.2. The number of piperidine rings is 1. The van der Waals surface area contributed by atoms with Crippen LogP contribution in [-0.4, -0.2) is 68.7 Å². The van der Waals surface area contributed by atoms with Crippen molar-refractivity contribution in [2.75, 3.05) is 30.3 Å². The molecule has 2 atom stereocenters. The molecule has 0 bridgehead atoms. The van der Waals surface area contributed by atoms with Gasteiger partial charge in [0.2, 0.25) is 15.9 Å². The lowest BCUT2D eigenvalue weighted by atomic mass is 10.0. The topological polar surface area (TPSA) is 125 Å². The van der Waals surface area contributed by atoms with Gasteiger partial charge in [-0.1, -0.05) is 24.7 Å². The lowest BCUT2D eigenvalue weighted by Gasteiger charge is -2.33. The molecule has 2 fully saturated rings.